The number of ether oxygens (including phenoxy) is 3. The van der Waals surface area contributed by atoms with Gasteiger partial charge in [-0.05, 0) is 86.7 Å². The molecule has 2 aliphatic rings. The van der Waals surface area contributed by atoms with Crippen molar-refractivity contribution in [2.75, 3.05) is 36.5 Å². The first-order valence-electron chi connectivity index (χ1n) is 11.0. The second-order valence-corrected chi connectivity index (χ2v) is 9.74. The van der Waals surface area contributed by atoms with E-state index in [0.29, 0.717) is 18.9 Å². The number of hydrogen-bond donors (Lipinski definition) is 1. The topological polar surface area (TPSA) is 60.0 Å². The number of nitrogens with zero attached hydrogens (tertiary/aromatic N) is 1. The van der Waals surface area contributed by atoms with Crippen LogP contribution in [0.1, 0.15) is 16.7 Å². The summed E-state index contributed by atoms with van der Waals surface area (Å²) in [6.45, 7) is 6.89. The highest BCUT2D eigenvalue weighted by molar-refractivity contribution is 9.11. The van der Waals surface area contributed by atoms with E-state index in [1.54, 1.807) is 4.90 Å². The third kappa shape index (κ3) is 5.85. The summed E-state index contributed by atoms with van der Waals surface area (Å²) in [5.74, 6) is 1.63. The third-order valence-corrected chi connectivity index (χ3v) is 6.48. The number of anilines is 2. The smallest absolute Gasteiger partial charge is 0.414 e. The first-order chi connectivity index (χ1) is 16.4. The van der Waals surface area contributed by atoms with E-state index in [9.17, 15) is 4.79 Å². The van der Waals surface area contributed by atoms with Crippen molar-refractivity contribution in [3.05, 3.63) is 80.2 Å². The van der Waals surface area contributed by atoms with Crippen molar-refractivity contribution in [2.45, 2.75) is 20.5 Å². The van der Waals surface area contributed by atoms with Gasteiger partial charge in [0, 0.05) is 6.54 Å². The van der Waals surface area contributed by atoms with Crippen molar-refractivity contribution in [3.63, 3.8) is 0 Å². The van der Waals surface area contributed by atoms with Crippen LogP contribution in [0.5, 0.6) is 11.5 Å². The van der Waals surface area contributed by atoms with Gasteiger partial charge in [0.15, 0.2) is 11.5 Å². The summed E-state index contributed by atoms with van der Waals surface area (Å²) in [5, 5.41) is 3.29. The molecule has 0 atom stereocenters. The summed E-state index contributed by atoms with van der Waals surface area (Å²) in [6.07, 6.45) is -0.356. The highest BCUT2D eigenvalue weighted by atomic mass is 79.9. The van der Waals surface area contributed by atoms with Gasteiger partial charge in [-0.25, -0.2) is 4.79 Å². The minimum atomic E-state index is -0.356. The minimum Gasteiger partial charge on any atom is -0.488 e. The molecule has 6 nitrogen and oxygen atoms in total. The lowest BCUT2D eigenvalue weighted by Crippen LogP contribution is -2.38. The normalized spacial score (nSPS) is 13.7. The number of aryl methyl sites for hydroxylation is 2. The Bertz CT molecular complexity index is 1170. The predicted molar refractivity (Wildman–Crippen MR) is 141 cm³/mol. The summed E-state index contributed by atoms with van der Waals surface area (Å²) < 4.78 is 18.5. The number of amides is 1. The van der Waals surface area contributed by atoms with Gasteiger partial charge in [-0.1, -0.05) is 30.3 Å². The molecule has 0 unspecified atom stereocenters. The molecular weight excluding hydrogens is 564 g/mol. The maximum absolute atomic E-state index is 12.4. The molecular formula is C26H26Br2N2O4. The van der Waals surface area contributed by atoms with Crippen LogP contribution in [-0.2, 0) is 11.3 Å². The molecule has 8 heteroatoms. The van der Waals surface area contributed by atoms with Crippen molar-refractivity contribution in [2.24, 2.45) is 0 Å². The van der Waals surface area contributed by atoms with E-state index in [2.05, 4.69) is 56.2 Å². The molecule has 0 saturated carbocycles. The highest BCUT2D eigenvalue weighted by Gasteiger charge is 2.27. The van der Waals surface area contributed by atoms with Crippen LogP contribution >= 0.6 is 31.9 Å². The molecule has 34 heavy (non-hydrogen) atoms. The number of carbonyl (C=O) groups excluding carboxylic acids is 1. The molecule has 0 fully saturated rings. The van der Waals surface area contributed by atoms with Crippen LogP contribution in [0.15, 0.2) is 63.5 Å². The Hall–Kier alpha value is -2.71. The van der Waals surface area contributed by atoms with Gasteiger partial charge < -0.3 is 19.5 Å². The fraction of sp³-hybridized carbons (Fsp3) is 0.269. The van der Waals surface area contributed by atoms with E-state index < -0.39 is 0 Å². The second-order valence-electron chi connectivity index (χ2n) is 8.03. The standard InChI is InChI=1S/C17H16BrNO3.C9H10BrNO/c1-12-9-14(18)16-15(10-12)19(7-8-21-16)17(20)22-11-13-5-3-2-4-6-13;1-6-4-7(10)9-8(5-6)11-2-3-12-9/h2-6,9-10H,7-8,11H2,1H3;4-5,11H,2-3H2,1H3. The monoisotopic (exact) mass is 588 g/mol. The second kappa shape index (κ2) is 11.1. The number of carbonyl (C=O) groups is 1. The summed E-state index contributed by atoms with van der Waals surface area (Å²) in [4.78, 5) is 14.0. The van der Waals surface area contributed by atoms with Crippen LogP contribution in [0.4, 0.5) is 16.2 Å². The number of nitrogens with one attached hydrogen (secondary N) is 1. The summed E-state index contributed by atoms with van der Waals surface area (Å²) in [6, 6.07) is 17.7. The number of rotatable bonds is 2. The molecule has 0 radical (unpaired) electrons. The van der Waals surface area contributed by atoms with Gasteiger partial charge in [-0.2, -0.15) is 0 Å². The molecule has 3 aromatic carbocycles. The van der Waals surface area contributed by atoms with E-state index in [0.717, 1.165) is 50.3 Å². The Morgan fingerprint density at radius 2 is 1.65 bits per heavy atom. The lowest BCUT2D eigenvalue weighted by Gasteiger charge is -2.29. The number of benzene rings is 3. The van der Waals surface area contributed by atoms with E-state index >= 15 is 0 Å². The molecule has 1 N–H and O–H groups in total. The molecule has 5 rings (SSSR count). The van der Waals surface area contributed by atoms with Crippen LogP contribution in [0, 0.1) is 13.8 Å². The summed E-state index contributed by atoms with van der Waals surface area (Å²) in [5.41, 5.74) is 5.09. The van der Waals surface area contributed by atoms with E-state index in [1.807, 2.05) is 49.4 Å². The Kier molecular flexibility index (Phi) is 8.00. The van der Waals surface area contributed by atoms with Gasteiger partial charge in [0.2, 0.25) is 0 Å². The number of fused-ring (bicyclic) bond motifs is 2. The van der Waals surface area contributed by atoms with Crippen molar-refractivity contribution in [3.8, 4) is 11.5 Å². The number of hydrogen-bond acceptors (Lipinski definition) is 5. The van der Waals surface area contributed by atoms with Gasteiger partial charge >= 0.3 is 6.09 Å². The number of halogens is 2. The lowest BCUT2D eigenvalue weighted by atomic mass is 10.2. The maximum atomic E-state index is 12.4. The molecule has 2 heterocycles. The van der Waals surface area contributed by atoms with E-state index in [-0.39, 0.29) is 12.7 Å². The van der Waals surface area contributed by atoms with Gasteiger partial charge in [0.25, 0.3) is 0 Å². The zero-order valence-corrected chi connectivity index (χ0v) is 22.2. The van der Waals surface area contributed by atoms with Crippen LogP contribution in [0.25, 0.3) is 0 Å². The maximum Gasteiger partial charge on any atom is 0.414 e. The fourth-order valence-electron chi connectivity index (χ4n) is 3.75. The summed E-state index contributed by atoms with van der Waals surface area (Å²) >= 11 is 6.95. The molecule has 2 aliphatic heterocycles. The fourth-order valence-corrected chi connectivity index (χ4v) is 5.11. The minimum absolute atomic E-state index is 0.263. The SMILES string of the molecule is Cc1cc(Br)c2c(c1)N(C(=O)OCc1ccccc1)CCO2.Cc1cc(Br)c2c(c1)NCCO2. The van der Waals surface area contributed by atoms with Crippen LogP contribution < -0.4 is 19.7 Å². The van der Waals surface area contributed by atoms with Gasteiger partial charge in [0.1, 0.15) is 19.8 Å². The molecule has 1 amide bonds. The van der Waals surface area contributed by atoms with Crippen LogP contribution in [0.3, 0.4) is 0 Å². The Morgan fingerprint density at radius 3 is 2.41 bits per heavy atom. The van der Waals surface area contributed by atoms with Gasteiger partial charge in [-0.3, -0.25) is 4.90 Å². The van der Waals surface area contributed by atoms with Crippen LogP contribution in [-0.4, -0.2) is 32.4 Å². The quantitative estimate of drug-likeness (QED) is 0.354. The third-order valence-electron chi connectivity index (χ3n) is 5.30. The Morgan fingerprint density at radius 1 is 0.971 bits per heavy atom. The largest absolute Gasteiger partial charge is 0.488 e. The van der Waals surface area contributed by atoms with Crippen LogP contribution in [0.2, 0.25) is 0 Å². The molecule has 3 aromatic rings. The average Bonchev–Trinajstić information content (AvgIpc) is 2.83. The zero-order chi connectivity index (χ0) is 24.1. The predicted octanol–water partition coefficient (Wildman–Crippen LogP) is 6.85. The molecule has 0 bridgehead atoms. The first-order valence-corrected chi connectivity index (χ1v) is 12.6. The van der Waals surface area contributed by atoms with Crippen molar-refractivity contribution >= 4 is 49.3 Å². The van der Waals surface area contributed by atoms with E-state index in [4.69, 9.17) is 14.2 Å². The van der Waals surface area contributed by atoms with Crippen molar-refractivity contribution in [1.29, 1.82) is 0 Å². The van der Waals surface area contributed by atoms with E-state index in [1.165, 1.54) is 5.56 Å². The van der Waals surface area contributed by atoms with Gasteiger partial charge in [-0.15, -0.1) is 0 Å². The molecule has 178 valence electrons. The van der Waals surface area contributed by atoms with Crippen molar-refractivity contribution < 1.29 is 19.0 Å². The zero-order valence-electron chi connectivity index (χ0n) is 19.1. The molecule has 0 aromatic heterocycles. The summed E-state index contributed by atoms with van der Waals surface area (Å²) in [7, 11) is 0. The molecule has 0 saturated heterocycles. The highest BCUT2D eigenvalue weighted by Crippen LogP contribution is 2.39. The van der Waals surface area contributed by atoms with Crippen molar-refractivity contribution in [1.82, 2.24) is 0 Å². The average molecular weight is 590 g/mol. The lowest BCUT2D eigenvalue weighted by molar-refractivity contribution is 0.144. The Balaban J connectivity index is 0.000000192. The molecule has 0 spiro atoms. The van der Waals surface area contributed by atoms with Gasteiger partial charge in [0.05, 0.1) is 26.9 Å². The Labute approximate surface area is 216 Å². The first kappa shape index (κ1) is 24.4. The molecule has 0 aliphatic carbocycles.